The van der Waals surface area contributed by atoms with Gasteiger partial charge in [0.2, 0.25) is 5.91 Å². The highest BCUT2D eigenvalue weighted by atomic mass is 16.2. The zero-order valence-electron chi connectivity index (χ0n) is 15.9. The number of rotatable bonds is 4. The Morgan fingerprint density at radius 3 is 2.92 bits per heavy atom. The summed E-state index contributed by atoms with van der Waals surface area (Å²) in [5, 5.41) is 0. The topological polar surface area (TPSA) is 47.6 Å². The van der Waals surface area contributed by atoms with E-state index < -0.39 is 0 Å². The molecule has 5 nitrogen and oxygen atoms in total. The predicted octanol–water partition coefficient (Wildman–Crippen LogP) is 1.93. The summed E-state index contributed by atoms with van der Waals surface area (Å²) >= 11 is 0. The number of nitrogens with one attached hydrogen (secondary N) is 2. The van der Waals surface area contributed by atoms with Crippen LogP contribution in [-0.4, -0.2) is 54.0 Å². The van der Waals surface area contributed by atoms with Crippen molar-refractivity contribution in [2.45, 2.75) is 57.7 Å². The molecule has 0 bridgehead atoms. The molecular weight excluding hydrogens is 324 g/mol. The van der Waals surface area contributed by atoms with Gasteiger partial charge in [-0.25, -0.2) is 0 Å². The second-order valence-electron chi connectivity index (χ2n) is 8.10. The van der Waals surface area contributed by atoms with Crippen molar-refractivity contribution in [2.24, 2.45) is 5.92 Å². The fourth-order valence-corrected chi connectivity index (χ4v) is 4.90. The van der Waals surface area contributed by atoms with Gasteiger partial charge < -0.3 is 4.90 Å². The van der Waals surface area contributed by atoms with Crippen molar-refractivity contribution >= 4 is 5.91 Å². The van der Waals surface area contributed by atoms with Crippen LogP contribution in [-0.2, 0) is 17.8 Å². The Bertz CT molecular complexity index is 634. The second kappa shape index (κ2) is 8.07. The van der Waals surface area contributed by atoms with Crippen molar-refractivity contribution < 1.29 is 4.79 Å². The Balaban J connectivity index is 1.39. The first-order valence-corrected chi connectivity index (χ1v) is 10.3. The van der Waals surface area contributed by atoms with Crippen LogP contribution in [0.5, 0.6) is 0 Å². The summed E-state index contributed by atoms with van der Waals surface area (Å²) in [5.41, 5.74) is 9.48. The Hall–Kier alpha value is -1.43. The summed E-state index contributed by atoms with van der Waals surface area (Å²) < 4.78 is 0. The standard InChI is InChI=1S/C21H32N4O/c1-2-6-20-19(13-22-23-20)21(26)25-11-5-9-18(15-25)24-12-10-16-7-3-4-8-17(16)14-24/h3-4,7-8,18-20,22-23H,2,5-6,9-15H2,1H3. The first-order chi connectivity index (χ1) is 12.8. The molecule has 3 unspecified atom stereocenters. The molecule has 3 aliphatic rings. The first-order valence-electron chi connectivity index (χ1n) is 10.3. The van der Waals surface area contributed by atoms with E-state index in [4.69, 9.17) is 0 Å². The SMILES string of the molecule is CCCC1NNCC1C(=O)N1CCCC(N2CCc3ccccc3C2)C1. The van der Waals surface area contributed by atoms with E-state index in [0.717, 1.165) is 58.4 Å². The minimum Gasteiger partial charge on any atom is -0.341 e. The van der Waals surface area contributed by atoms with E-state index in [1.165, 1.54) is 17.5 Å². The van der Waals surface area contributed by atoms with Crippen LogP contribution >= 0.6 is 0 Å². The quantitative estimate of drug-likeness (QED) is 0.865. The second-order valence-corrected chi connectivity index (χ2v) is 8.10. The third kappa shape index (κ3) is 3.66. The number of hydrazine groups is 1. The van der Waals surface area contributed by atoms with Gasteiger partial charge in [-0.2, -0.15) is 0 Å². The van der Waals surface area contributed by atoms with Gasteiger partial charge in [0.15, 0.2) is 0 Å². The number of piperidine rings is 1. The molecule has 0 aromatic heterocycles. The van der Waals surface area contributed by atoms with E-state index in [-0.39, 0.29) is 12.0 Å². The number of hydrogen-bond donors (Lipinski definition) is 2. The van der Waals surface area contributed by atoms with Gasteiger partial charge in [0.1, 0.15) is 0 Å². The van der Waals surface area contributed by atoms with Gasteiger partial charge >= 0.3 is 0 Å². The molecule has 0 spiro atoms. The number of carbonyl (C=O) groups excluding carboxylic acids is 1. The van der Waals surface area contributed by atoms with Crippen molar-refractivity contribution in [3.05, 3.63) is 35.4 Å². The van der Waals surface area contributed by atoms with Crippen molar-refractivity contribution in [2.75, 3.05) is 26.2 Å². The van der Waals surface area contributed by atoms with E-state index >= 15 is 0 Å². The lowest BCUT2D eigenvalue weighted by molar-refractivity contribution is -0.137. The maximum Gasteiger partial charge on any atom is 0.228 e. The molecule has 3 heterocycles. The first kappa shape index (κ1) is 18.0. The van der Waals surface area contributed by atoms with Crippen LogP contribution in [0.25, 0.3) is 0 Å². The minimum atomic E-state index is 0.0933. The number of amides is 1. The van der Waals surface area contributed by atoms with E-state index in [1.54, 1.807) is 0 Å². The Labute approximate surface area is 157 Å². The van der Waals surface area contributed by atoms with Crippen molar-refractivity contribution in [1.29, 1.82) is 0 Å². The van der Waals surface area contributed by atoms with Crippen LogP contribution in [0.1, 0.15) is 43.7 Å². The molecule has 0 radical (unpaired) electrons. The molecule has 142 valence electrons. The van der Waals surface area contributed by atoms with Crippen LogP contribution in [0.3, 0.4) is 0 Å². The molecule has 2 N–H and O–H groups in total. The summed E-state index contributed by atoms with van der Waals surface area (Å²) in [6, 6.07) is 9.61. The molecular formula is C21H32N4O. The summed E-state index contributed by atoms with van der Waals surface area (Å²) in [6.07, 6.45) is 5.64. The van der Waals surface area contributed by atoms with Gasteiger partial charge in [-0.1, -0.05) is 37.6 Å². The zero-order valence-corrected chi connectivity index (χ0v) is 15.9. The van der Waals surface area contributed by atoms with Crippen LogP contribution < -0.4 is 10.9 Å². The highest BCUT2D eigenvalue weighted by Gasteiger charge is 2.37. The van der Waals surface area contributed by atoms with E-state index in [0.29, 0.717) is 11.9 Å². The summed E-state index contributed by atoms with van der Waals surface area (Å²) in [6.45, 7) is 6.93. The summed E-state index contributed by atoms with van der Waals surface area (Å²) in [5.74, 6) is 0.443. The fourth-order valence-electron chi connectivity index (χ4n) is 4.90. The van der Waals surface area contributed by atoms with Gasteiger partial charge in [0, 0.05) is 44.8 Å². The Kier molecular flexibility index (Phi) is 5.57. The van der Waals surface area contributed by atoms with Crippen molar-refractivity contribution in [3.8, 4) is 0 Å². The third-order valence-corrected chi connectivity index (χ3v) is 6.40. The lowest BCUT2D eigenvalue weighted by Gasteiger charge is -2.42. The summed E-state index contributed by atoms with van der Waals surface area (Å²) in [7, 11) is 0. The van der Waals surface area contributed by atoms with E-state index in [2.05, 4.69) is 51.8 Å². The molecule has 0 saturated carbocycles. The normalized spacial score (nSPS) is 29.6. The molecule has 1 aromatic carbocycles. The van der Waals surface area contributed by atoms with Crippen molar-refractivity contribution in [3.63, 3.8) is 0 Å². The molecule has 0 aliphatic carbocycles. The minimum absolute atomic E-state index is 0.0933. The highest BCUT2D eigenvalue weighted by molar-refractivity contribution is 5.80. The molecule has 5 heteroatoms. The zero-order chi connectivity index (χ0) is 17.9. The molecule has 4 rings (SSSR count). The monoisotopic (exact) mass is 356 g/mol. The molecule has 2 fully saturated rings. The fraction of sp³-hybridized carbons (Fsp3) is 0.667. The largest absolute Gasteiger partial charge is 0.341 e. The average molecular weight is 357 g/mol. The molecule has 3 atom stereocenters. The number of fused-ring (bicyclic) bond motifs is 1. The van der Waals surface area contributed by atoms with Crippen LogP contribution in [0.2, 0.25) is 0 Å². The third-order valence-electron chi connectivity index (χ3n) is 6.40. The van der Waals surface area contributed by atoms with Gasteiger partial charge in [0.25, 0.3) is 0 Å². The molecule has 26 heavy (non-hydrogen) atoms. The Morgan fingerprint density at radius 1 is 1.23 bits per heavy atom. The predicted molar refractivity (Wildman–Crippen MR) is 103 cm³/mol. The highest BCUT2D eigenvalue weighted by Crippen LogP contribution is 2.26. The lowest BCUT2D eigenvalue weighted by atomic mass is 9.93. The van der Waals surface area contributed by atoms with Crippen LogP contribution in [0.4, 0.5) is 0 Å². The molecule has 2 saturated heterocycles. The van der Waals surface area contributed by atoms with Crippen molar-refractivity contribution in [1.82, 2.24) is 20.7 Å². The number of likely N-dealkylation sites (tertiary alicyclic amines) is 1. The van der Waals surface area contributed by atoms with E-state index in [1.807, 2.05) is 0 Å². The molecule has 3 aliphatic heterocycles. The average Bonchev–Trinajstić information content (AvgIpc) is 3.16. The van der Waals surface area contributed by atoms with Gasteiger partial charge in [-0.15, -0.1) is 0 Å². The molecule has 1 amide bonds. The maximum absolute atomic E-state index is 13.1. The number of benzene rings is 1. The number of nitrogens with zero attached hydrogens (tertiary/aromatic N) is 2. The van der Waals surface area contributed by atoms with Gasteiger partial charge in [-0.05, 0) is 36.8 Å². The van der Waals surface area contributed by atoms with E-state index in [9.17, 15) is 4.79 Å². The van der Waals surface area contributed by atoms with Gasteiger partial charge in [-0.3, -0.25) is 20.5 Å². The van der Waals surface area contributed by atoms with Crippen LogP contribution in [0, 0.1) is 5.92 Å². The number of carbonyl (C=O) groups is 1. The Morgan fingerprint density at radius 2 is 2.08 bits per heavy atom. The number of hydrogen-bond acceptors (Lipinski definition) is 4. The molecule has 1 aromatic rings. The summed E-state index contributed by atoms with van der Waals surface area (Å²) in [4.78, 5) is 17.9. The lowest BCUT2D eigenvalue weighted by Crippen LogP contribution is -2.53. The smallest absolute Gasteiger partial charge is 0.228 e. The van der Waals surface area contributed by atoms with Crippen LogP contribution in [0.15, 0.2) is 24.3 Å². The van der Waals surface area contributed by atoms with Gasteiger partial charge in [0.05, 0.1) is 5.92 Å². The maximum atomic E-state index is 13.1.